The van der Waals surface area contributed by atoms with Crippen molar-refractivity contribution >= 4 is 23.7 Å². The monoisotopic (exact) mass is 269 g/mol. The minimum Gasteiger partial charge on any atom is -0.477 e. The molecular weight excluding hydrogens is 250 g/mol. The Bertz CT molecular complexity index is 400. The van der Waals surface area contributed by atoms with Gasteiger partial charge in [-0.3, -0.25) is 0 Å². The second kappa shape index (κ2) is 6.58. The fourth-order valence-electron chi connectivity index (χ4n) is 1.66. The lowest BCUT2D eigenvalue weighted by molar-refractivity contribution is 0.0690. The minimum atomic E-state index is -1.04. The molecule has 2 N–H and O–H groups in total. The highest BCUT2D eigenvalue weighted by atomic mass is 32.2. The highest BCUT2D eigenvalue weighted by Gasteiger charge is 2.24. The molecule has 0 aliphatic heterocycles. The number of nitrogens with zero attached hydrogens (tertiary/aromatic N) is 2. The molecule has 6 heteroatoms. The summed E-state index contributed by atoms with van der Waals surface area (Å²) in [5.74, 6) is -0.669. The van der Waals surface area contributed by atoms with Gasteiger partial charge in [-0.15, -0.1) is 0 Å². The lowest BCUT2D eigenvalue weighted by atomic mass is 10.0. The number of carboxylic acids is 1. The molecule has 0 aliphatic carbocycles. The number of carbonyl (C=O) groups is 1. The first-order valence-corrected chi connectivity index (χ1v) is 7.14. The van der Waals surface area contributed by atoms with Gasteiger partial charge in [0, 0.05) is 17.5 Å². The summed E-state index contributed by atoms with van der Waals surface area (Å²) in [6, 6.07) is 1.38. The second-order valence-electron chi connectivity index (χ2n) is 4.02. The Balaban J connectivity index is 2.73. The van der Waals surface area contributed by atoms with Crippen molar-refractivity contribution in [2.24, 2.45) is 0 Å². The van der Waals surface area contributed by atoms with E-state index in [9.17, 15) is 4.79 Å². The molecule has 0 aliphatic rings. The third-order valence-corrected chi connectivity index (χ3v) is 4.75. The van der Waals surface area contributed by atoms with E-state index < -0.39 is 5.97 Å². The number of nitrogens with one attached hydrogen (secondary N) is 1. The molecule has 1 aromatic heterocycles. The van der Waals surface area contributed by atoms with E-state index in [-0.39, 0.29) is 10.4 Å². The van der Waals surface area contributed by atoms with Gasteiger partial charge in [-0.2, -0.15) is 11.8 Å². The predicted octanol–water partition coefficient (Wildman–Crippen LogP) is 2.51. The highest BCUT2D eigenvalue weighted by molar-refractivity contribution is 8.00. The molecule has 0 radical (unpaired) electrons. The average Bonchev–Trinajstić information content (AvgIpc) is 2.41. The van der Waals surface area contributed by atoms with Crippen molar-refractivity contribution in [2.45, 2.75) is 31.4 Å². The average molecular weight is 269 g/mol. The third kappa shape index (κ3) is 3.60. The third-order valence-electron chi connectivity index (χ3n) is 3.17. The van der Waals surface area contributed by atoms with E-state index in [4.69, 9.17) is 5.11 Å². The van der Waals surface area contributed by atoms with Gasteiger partial charge in [-0.1, -0.05) is 13.8 Å². The Kier molecular flexibility index (Phi) is 5.40. The lowest BCUT2D eigenvalue weighted by Gasteiger charge is -2.29. The van der Waals surface area contributed by atoms with Crippen LogP contribution in [-0.4, -0.2) is 38.6 Å². The summed E-state index contributed by atoms with van der Waals surface area (Å²) in [6.07, 6.45) is 5.62. The molecule has 0 spiro atoms. The fourth-order valence-corrected chi connectivity index (χ4v) is 2.46. The van der Waals surface area contributed by atoms with Crippen LogP contribution < -0.4 is 5.32 Å². The summed E-state index contributed by atoms with van der Waals surface area (Å²) in [6.45, 7) is 5.02. The molecule has 0 unspecified atom stereocenters. The first kappa shape index (κ1) is 14.8. The zero-order valence-electron chi connectivity index (χ0n) is 10.9. The van der Waals surface area contributed by atoms with E-state index in [0.29, 0.717) is 5.95 Å². The number of aromatic nitrogens is 2. The molecule has 18 heavy (non-hydrogen) atoms. The molecular formula is C12H19N3O2S. The normalized spacial score (nSPS) is 11.3. The van der Waals surface area contributed by atoms with Crippen LogP contribution in [0.25, 0.3) is 0 Å². The first-order chi connectivity index (χ1) is 8.56. The van der Waals surface area contributed by atoms with E-state index in [2.05, 4.69) is 35.4 Å². The molecule has 0 saturated heterocycles. The summed E-state index contributed by atoms with van der Waals surface area (Å²) in [4.78, 5) is 18.8. The Morgan fingerprint density at radius 3 is 2.67 bits per heavy atom. The molecule has 0 saturated carbocycles. The van der Waals surface area contributed by atoms with Crippen molar-refractivity contribution < 1.29 is 9.90 Å². The number of aromatic carboxylic acids is 1. The van der Waals surface area contributed by atoms with Crippen LogP contribution in [0.5, 0.6) is 0 Å². The van der Waals surface area contributed by atoms with Crippen molar-refractivity contribution in [1.29, 1.82) is 0 Å². The van der Waals surface area contributed by atoms with Gasteiger partial charge in [0.15, 0.2) is 5.69 Å². The van der Waals surface area contributed by atoms with Crippen LogP contribution in [0.2, 0.25) is 0 Å². The molecule has 0 bridgehead atoms. The number of hydrogen-bond donors (Lipinski definition) is 2. The van der Waals surface area contributed by atoms with Crippen molar-refractivity contribution in [3.05, 3.63) is 18.0 Å². The zero-order valence-corrected chi connectivity index (χ0v) is 11.8. The van der Waals surface area contributed by atoms with E-state index in [1.54, 1.807) is 0 Å². The van der Waals surface area contributed by atoms with Gasteiger partial charge >= 0.3 is 5.97 Å². The molecule has 0 fully saturated rings. The summed E-state index contributed by atoms with van der Waals surface area (Å²) in [5, 5.41) is 12.0. The number of anilines is 1. The van der Waals surface area contributed by atoms with Crippen molar-refractivity contribution in [1.82, 2.24) is 9.97 Å². The quantitative estimate of drug-likeness (QED) is 0.792. The molecule has 0 aromatic carbocycles. The number of carboxylic acid groups (broad SMARTS) is 1. The lowest BCUT2D eigenvalue weighted by Crippen LogP contribution is -2.32. The summed E-state index contributed by atoms with van der Waals surface area (Å²) >= 11 is 1.81. The van der Waals surface area contributed by atoms with Crippen LogP contribution >= 0.6 is 11.8 Å². The highest BCUT2D eigenvalue weighted by Crippen LogP contribution is 2.30. The Hall–Kier alpha value is -1.30. The zero-order chi connectivity index (χ0) is 13.6. The maximum atomic E-state index is 10.8. The Morgan fingerprint density at radius 2 is 2.17 bits per heavy atom. The van der Waals surface area contributed by atoms with Gasteiger partial charge in [0.2, 0.25) is 5.95 Å². The molecule has 1 aromatic rings. The second-order valence-corrected chi connectivity index (χ2v) is 5.29. The number of hydrogen-bond acceptors (Lipinski definition) is 5. The van der Waals surface area contributed by atoms with Gasteiger partial charge in [0.05, 0.1) is 0 Å². The number of rotatable bonds is 7. The van der Waals surface area contributed by atoms with Gasteiger partial charge in [-0.05, 0) is 25.2 Å². The van der Waals surface area contributed by atoms with Crippen LogP contribution in [0.4, 0.5) is 5.95 Å². The summed E-state index contributed by atoms with van der Waals surface area (Å²) in [5.41, 5.74) is 0.00949. The van der Waals surface area contributed by atoms with E-state index in [1.165, 1.54) is 12.3 Å². The van der Waals surface area contributed by atoms with Crippen molar-refractivity contribution in [2.75, 3.05) is 18.1 Å². The largest absolute Gasteiger partial charge is 0.477 e. The topological polar surface area (TPSA) is 75.1 Å². The maximum absolute atomic E-state index is 10.8. The van der Waals surface area contributed by atoms with E-state index >= 15 is 0 Å². The van der Waals surface area contributed by atoms with Gasteiger partial charge in [-0.25, -0.2) is 14.8 Å². The molecule has 100 valence electrons. The molecule has 1 rings (SSSR count). The summed E-state index contributed by atoms with van der Waals surface area (Å²) in [7, 11) is 0. The SMILES string of the molecule is CCC(CC)(CNc1nccc(C(=O)O)n1)SC. The fraction of sp³-hybridized carbons (Fsp3) is 0.583. The van der Waals surface area contributed by atoms with E-state index in [1.807, 2.05) is 11.8 Å². The maximum Gasteiger partial charge on any atom is 0.354 e. The van der Waals surface area contributed by atoms with Crippen LogP contribution in [-0.2, 0) is 0 Å². The molecule has 5 nitrogen and oxygen atoms in total. The van der Waals surface area contributed by atoms with Gasteiger partial charge < -0.3 is 10.4 Å². The van der Waals surface area contributed by atoms with Gasteiger partial charge in [0.1, 0.15) is 0 Å². The van der Waals surface area contributed by atoms with Crippen molar-refractivity contribution in [3.63, 3.8) is 0 Å². The van der Waals surface area contributed by atoms with Crippen LogP contribution in [0.3, 0.4) is 0 Å². The Labute approximate surface area is 111 Å². The van der Waals surface area contributed by atoms with Crippen LogP contribution in [0, 0.1) is 0 Å². The minimum absolute atomic E-state index is 0.00949. The van der Waals surface area contributed by atoms with Crippen LogP contribution in [0.15, 0.2) is 12.3 Å². The van der Waals surface area contributed by atoms with Crippen LogP contribution in [0.1, 0.15) is 37.2 Å². The number of thioether (sulfide) groups is 1. The smallest absolute Gasteiger partial charge is 0.354 e. The standard InChI is InChI=1S/C12H19N3O2S/c1-4-12(5-2,18-3)8-14-11-13-7-6-9(15-11)10(16)17/h6-7H,4-5,8H2,1-3H3,(H,16,17)(H,13,14,15). The molecule has 0 atom stereocenters. The van der Waals surface area contributed by atoms with E-state index in [0.717, 1.165) is 19.4 Å². The molecule has 1 heterocycles. The predicted molar refractivity (Wildman–Crippen MR) is 74.3 cm³/mol. The molecule has 0 amide bonds. The van der Waals surface area contributed by atoms with Crippen molar-refractivity contribution in [3.8, 4) is 0 Å². The Morgan fingerprint density at radius 1 is 1.50 bits per heavy atom. The summed E-state index contributed by atoms with van der Waals surface area (Å²) < 4.78 is 0.141. The van der Waals surface area contributed by atoms with Gasteiger partial charge in [0.25, 0.3) is 0 Å². The first-order valence-electron chi connectivity index (χ1n) is 5.92.